The van der Waals surface area contributed by atoms with Gasteiger partial charge >= 0.3 is 6.03 Å². The highest BCUT2D eigenvalue weighted by Crippen LogP contribution is 2.27. The molecule has 0 spiro atoms. The molecular weight excluding hydrogens is 298 g/mol. The lowest BCUT2D eigenvalue weighted by molar-refractivity contribution is 0.178. The van der Waals surface area contributed by atoms with Gasteiger partial charge in [-0.3, -0.25) is 0 Å². The van der Waals surface area contributed by atoms with Crippen LogP contribution in [0.4, 0.5) is 4.79 Å². The molecule has 1 atom stereocenters. The van der Waals surface area contributed by atoms with Crippen molar-refractivity contribution in [3.8, 4) is 0 Å². The summed E-state index contributed by atoms with van der Waals surface area (Å²) in [5.41, 5.74) is 0. The maximum Gasteiger partial charge on any atom is 0.317 e. The Kier molecular flexibility index (Phi) is 8.93. The molecule has 0 aromatic heterocycles. The van der Waals surface area contributed by atoms with Gasteiger partial charge in [-0.1, -0.05) is 46.0 Å². The third-order valence-corrected chi connectivity index (χ3v) is 5.60. The lowest BCUT2D eigenvalue weighted by Crippen LogP contribution is -2.50. The van der Waals surface area contributed by atoms with Crippen LogP contribution in [0.2, 0.25) is 0 Å². The summed E-state index contributed by atoms with van der Waals surface area (Å²) < 4.78 is 0. The second-order valence-corrected chi connectivity index (χ2v) is 8.32. The smallest absolute Gasteiger partial charge is 0.317 e. The first-order chi connectivity index (χ1) is 11.6. The van der Waals surface area contributed by atoms with E-state index in [1.165, 1.54) is 44.9 Å². The average Bonchev–Trinajstić information content (AvgIpc) is 2.60. The lowest BCUT2D eigenvalue weighted by Gasteiger charge is -2.31. The minimum Gasteiger partial charge on any atom is -0.334 e. The molecule has 1 unspecified atom stereocenters. The topological polar surface area (TPSA) is 44.4 Å². The van der Waals surface area contributed by atoms with Crippen LogP contribution in [0.15, 0.2) is 0 Å². The lowest BCUT2D eigenvalue weighted by atomic mass is 9.85. The summed E-state index contributed by atoms with van der Waals surface area (Å²) in [5, 5.41) is 6.93. The summed E-state index contributed by atoms with van der Waals surface area (Å²) in [6, 6.07) is 0.454. The molecule has 1 saturated carbocycles. The number of carbonyl (C=O) groups is 1. The van der Waals surface area contributed by atoms with Gasteiger partial charge in [-0.15, -0.1) is 0 Å². The van der Waals surface area contributed by atoms with Gasteiger partial charge in [-0.05, 0) is 50.5 Å². The Labute approximate surface area is 149 Å². The number of piperidine rings is 1. The molecule has 1 saturated heterocycles. The quantitative estimate of drug-likeness (QED) is 0.653. The van der Waals surface area contributed by atoms with Crippen molar-refractivity contribution in [2.24, 2.45) is 11.8 Å². The van der Waals surface area contributed by atoms with Gasteiger partial charge in [0.2, 0.25) is 0 Å². The maximum atomic E-state index is 12.6. The first-order valence-electron chi connectivity index (χ1n) is 10.4. The van der Waals surface area contributed by atoms with Crippen LogP contribution in [0, 0.1) is 11.8 Å². The number of hydrogen-bond donors (Lipinski definition) is 2. The minimum atomic E-state index is 0.168. The first-order valence-corrected chi connectivity index (χ1v) is 10.4. The minimum absolute atomic E-state index is 0.168. The molecule has 2 aliphatic rings. The molecule has 4 nitrogen and oxygen atoms in total. The van der Waals surface area contributed by atoms with Crippen molar-refractivity contribution in [2.75, 3.05) is 26.2 Å². The molecule has 0 aromatic rings. The monoisotopic (exact) mass is 337 g/mol. The predicted molar refractivity (Wildman–Crippen MR) is 101 cm³/mol. The van der Waals surface area contributed by atoms with Gasteiger partial charge in [0, 0.05) is 25.7 Å². The zero-order chi connectivity index (χ0) is 17.2. The van der Waals surface area contributed by atoms with Gasteiger partial charge < -0.3 is 15.5 Å². The molecule has 1 aliphatic carbocycles. The Bertz CT molecular complexity index is 347. The normalized spacial score (nSPS) is 21.0. The van der Waals surface area contributed by atoms with E-state index in [1.54, 1.807) is 0 Å². The number of nitrogens with one attached hydrogen (secondary N) is 2. The van der Waals surface area contributed by atoms with Gasteiger partial charge in [0.25, 0.3) is 0 Å². The molecular formula is C20H39N3O. The number of hydrogen-bond acceptors (Lipinski definition) is 2. The number of amides is 2. The zero-order valence-corrected chi connectivity index (χ0v) is 16.0. The van der Waals surface area contributed by atoms with Crippen LogP contribution >= 0.6 is 0 Å². The highest BCUT2D eigenvalue weighted by atomic mass is 16.2. The van der Waals surface area contributed by atoms with Crippen molar-refractivity contribution in [1.29, 1.82) is 0 Å². The summed E-state index contributed by atoms with van der Waals surface area (Å²) in [4.78, 5) is 14.6. The van der Waals surface area contributed by atoms with Crippen LogP contribution in [0.5, 0.6) is 0 Å². The first kappa shape index (κ1) is 19.6. The number of carbonyl (C=O) groups excluding carboxylic acids is 1. The second kappa shape index (κ2) is 11.0. The molecule has 24 heavy (non-hydrogen) atoms. The van der Waals surface area contributed by atoms with Crippen molar-refractivity contribution < 1.29 is 4.79 Å². The van der Waals surface area contributed by atoms with Crippen LogP contribution in [0.25, 0.3) is 0 Å². The van der Waals surface area contributed by atoms with E-state index in [9.17, 15) is 4.79 Å². The summed E-state index contributed by atoms with van der Waals surface area (Å²) in [6.07, 6.45) is 12.8. The van der Waals surface area contributed by atoms with Crippen molar-refractivity contribution in [3.63, 3.8) is 0 Å². The van der Waals surface area contributed by atoms with Crippen LogP contribution < -0.4 is 10.6 Å². The Balaban J connectivity index is 1.79. The molecule has 140 valence electrons. The van der Waals surface area contributed by atoms with Crippen LogP contribution in [-0.4, -0.2) is 43.2 Å². The van der Waals surface area contributed by atoms with Crippen LogP contribution in [0.3, 0.4) is 0 Å². The molecule has 2 amide bonds. The maximum absolute atomic E-state index is 12.6. The van der Waals surface area contributed by atoms with E-state index in [-0.39, 0.29) is 12.1 Å². The van der Waals surface area contributed by atoms with Crippen LogP contribution in [-0.2, 0) is 0 Å². The van der Waals surface area contributed by atoms with E-state index in [0.717, 1.165) is 57.3 Å². The van der Waals surface area contributed by atoms with E-state index in [0.29, 0.717) is 0 Å². The molecule has 1 aliphatic heterocycles. The number of urea groups is 1. The third kappa shape index (κ3) is 7.42. The molecule has 0 radical (unpaired) electrons. The van der Waals surface area contributed by atoms with E-state index < -0.39 is 0 Å². The van der Waals surface area contributed by atoms with Crippen molar-refractivity contribution in [3.05, 3.63) is 0 Å². The van der Waals surface area contributed by atoms with E-state index >= 15 is 0 Å². The van der Waals surface area contributed by atoms with Gasteiger partial charge in [-0.2, -0.15) is 0 Å². The van der Waals surface area contributed by atoms with Crippen molar-refractivity contribution in [1.82, 2.24) is 15.5 Å². The van der Waals surface area contributed by atoms with E-state index in [2.05, 4.69) is 24.5 Å². The van der Waals surface area contributed by atoms with Gasteiger partial charge in [0.1, 0.15) is 0 Å². The molecule has 1 heterocycles. The fourth-order valence-corrected chi connectivity index (χ4v) is 4.05. The molecule has 0 bridgehead atoms. The fourth-order valence-electron chi connectivity index (χ4n) is 4.05. The van der Waals surface area contributed by atoms with Gasteiger partial charge in [-0.25, -0.2) is 4.79 Å². The number of likely N-dealkylation sites (tertiary alicyclic amines) is 1. The molecule has 2 fully saturated rings. The molecule has 2 rings (SSSR count). The largest absolute Gasteiger partial charge is 0.334 e. The summed E-state index contributed by atoms with van der Waals surface area (Å²) in [5.74, 6) is 1.54. The Morgan fingerprint density at radius 2 is 1.71 bits per heavy atom. The molecule has 2 N–H and O–H groups in total. The predicted octanol–water partition coefficient (Wildman–Crippen LogP) is 4.16. The SMILES string of the molecule is CC(C)CCNCC(CC1CCCCC1)NC(=O)N1CCCCC1. The number of rotatable bonds is 8. The highest BCUT2D eigenvalue weighted by molar-refractivity contribution is 5.74. The van der Waals surface area contributed by atoms with Crippen LogP contribution in [0.1, 0.15) is 78.1 Å². The summed E-state index contributed by atoms with van der Waals surface area (Å²) in [6.45, 7) is 8.37. The average molecular weight is 338 g/mol. The Hall–Kier alpha value is -0.770. The standard InChI is InChI=1S/C20H39N3O/c1-17(2)11-12-21-16-19(15-18-9-5-3-6-10-18)22-20(24)23-13-7-4-8-14-23/h17-19,21H,3-16H2,1-2H3,(H,22,24). The van der Waals surface area contributed by atoms with E-state index in [4.69, 9.17) is 0 Å². The van der Waals surface area contributed by atoms with Crippen molar-refractivity contribution >= 4 is 6.03 Å². The third-order valence-electron chi connectivity index (χ3n) is 5.60. The summed E-state index contributed by atoms with van der Waals surface area (Å²) >= 11 is 0. The zero-order valence-electron chi connectivity index (χ0n) is 16.0. The summed E-state index contributed by atoms with van der Waals surface area (Å²) in [7, 11) is 0. The molecule has 4 heteroatoms. The second-order valence-electron chi connectivity index (χ2n) is 8.32. The number of nitrogens with zero attached hydrogens (tertiary/aromatic N) is 1. The molecule has 0 aromatic carbocycles. The van der Waals surface area contributed by atoms with Crippen molar-refractivity contribution in [2.45, 2.75) is 84.1 Å². The highest BCUT2D eigenvalue weighted by Gasteiger charge is 2.23. The van der Waals surface area contributed by atoms with Gasteiger partial charge in [0.05, 0.1) is 0 Å². The fraction of sp³-hybridized carbons (Fsp3) is 0.950. The van der Waals surface area contributed by atoms with Gasteiger partial charge in [0.15, 0.2) is 0 Å². The Morgan fingerprint density at radius 1 is 1.04 bits per heavy atom. The van der Waals surface area contributed by atoms with E-state index in [1.807, 2.05) is 4.90 Å². The Morgan fingerprint density at radius 3 is 2.38 bits per heavy atom.